The number of rotatable bonds is 7. The molecule has 2 aromatic rings. The molecule has 0 unspecified atom stereocenters. The lowest BCUT2D eigenvalue weighted by atomic mass is 9.95. The van der Waals surface area contributed by atoms with Crippen LogP contribution >= 0.6 is 0 Å². The third-order valence-electron chi connectivity index (χ3n) is 3.42. The molecule has 0 atom stereocenters. The number of hydrogen-bond donors (Lipinski definition) is 1. The van der Waals surface area contributed by atoms with Crippen LogP contribution in [0.15, 0.2) is 18.5 Å². The van der Waals surface area contributed by atoms with Gasteiger partial charge in [0.15, 0.2) is 0 Å². The number of nitrogens with zero attached hydrogens (tertiary/aromatic N) is 5. The zero-order valence-electron chi connectivity index (χ0n) is 15.5. The monoisotopic (exact) mass is 332 g/mol. The van der Waals surface area contributed by atoms with E-state index in [1.54, 1.807) is 7.11 Å². The van der Waals surface area contributed by atoms with Crippen molar-refractivity contribution in [2.24, 2.45) is 0 Å². The molecule has 0 aliphatic heterocycles. The molecule has 0 aliphatic rings. The normalized spacial score (nSPS) is 12.0. The third kappa shape index (κ3) is 5.28. The van der Waals surface area contributed by atoms with Crippen molar-refractivity contribution in [1.82, 2.24) is 24.6 Å². The van der Waals surface area contributed by atoms with E-state index < -0.39 is 0 Å². The van der Waals surface area contributed by atoms with Gasteiger partial charge < -0.3 is 15.0 Å². The van der Waals surface area contributed by atoms with Gasteiger partial charge in [-0.1, -0.05) is 20.8 Å². The maximum absolute atomic E-state index is 5.22. The number of likely N-dealkylation sites (N-methyl/N-ethyl adjacent to an activating group) is 1. The number of ether oxygens (including phenoxy) is 1. The van der Waals surface area contributed by atoms with E-state index in [0.29, 0.717) is 6.61 Å². The van der Waals surface area contributed by atoms with E-state index in [2.05, 4.69) is 60.1 Å². The van der Waals surface area contributed by atoms with Crippen LogP contribution in [0.4, 0.5) is 11.5 Å². The van der Waals surface area contributed by atoms with E-state index in [0.717, 1.165) is 36.1 Å². The molecule has 2 aromatic heterocycles. The maximum Gasteiger partial charge on any atom is 0.136 e. The van der Waals surface area contributed by atoms with Gasteiger partial charge in [-0.05, 0) is 14.1 Å². The molecule has 0 saturated heterocycles. The fourth-order valence-electron chi connectivity index (χ4n) is 2.12. The SMILES string of the molecule is COCc1cc(Nc2cnn(CCN(C)C)c2)nc(C(C)(C)C)n1. The summed E-state index contributed by atoms with van der Waals surface area (Å²) in [4.78, 5) is 11.4. The molecule has 0 fully saturated rings. The molecule has 0 bridgehead atoms. The van der Waals surface area contributed by atoms with Crippen LogP contribution in [0.2, 0.25) is 0 Å². The number of methoxy groups -OCH3 is 1. The van der Waals surface area contributed by atoms with Crippen molar-refractivity contribution in [2.75, 3.05) is 33.1 Å². The summed E-state index contributed by atoms with van der Waals surface area (Å²) in [6.45, 7) is 8.55. The van der Waals surface area contributed by atoms with Crippen LogP contribution in [0.3, 0.4) is 0 Å². The fraction of sp³-hybridized carbons (Fsp3) is 0.588. The van der Waals surface area contributed by atoms with Gasteiger partial charge in [0.2, 0.25) is 0 Å². The minimum atomic E-state index is -0.129. The topological polar surface area (TPSA) is 68.1 Å². The average Bonchev–Trinajstić information content (AvgIpc) is 2.92. The zero-order valence-corrected chi connectivity index (χ0v) is 15.5. The smallest absolute Gasteiger partial charge is 0.136 e. The van der Waals surface area contributed by atoms with Gasteiger partial charge >= 0.3 is 0 Å². The summed E-state index contributed by atoms with van der Waals surface area (Å²) in [6.07, 6.45) is 3.79. The predicted octanol–water partition coefficient (Wildman–Crippen LogP) is 2.42. The van der Waals surface area contributed by atoms with Gasteiger partial charge in [-0.15, -0.1) is 0 Å². The molecule has 1 N–H and O–H groups in total. The lowest BCUT2D eigenvalue weighted by molar-refractivity contribution is 0.181. The second-order valence-electron chi connectivity index (χ2n) is 7.17. The Morgan fingerprint density at radius 3 is 2.62 bits per heavy atom. The average molecular weight is 332 g/mol. The molecular weight excluding hydrogens is 304 g/mol. The first-order valence-electron chi connectivity index (χ1n) is 8.09. The molecule has 0 amide bonds. The molecule has 0 aliphatic carbocycles. The Kier molecular flexibility index (Phi) is 5.90. The minimum absolute atomic E-state index is 0.129. The van der Waals surface area contributed by atoms with Crippen LogP contribution in [-0.4, -0.2) is 52.4 Å². The highest BCUT2D eigenvalue weighted by Crippen LogP contribution is 2.22. The summed E-state index contributed by atoms with van der Waals surface area (Å²) in [5.74, 6) is 1.55. The summed E-state index contributed by atoms with van der Waals surface area (Å²) in [6, 6.07) is 1.91. The first-order chi connectivity index (χ1) is 11.3. The standard InChI is InChI=1S/C17H28N6O/c1-17(2,3)16-20-13(12-24-6)9-15(21-16)19-14-10-18-23(11-14)8-7-22(4)5/h9-11H,7-8,12H2,1-6H3,(H,19,20,21). The van der Waals surface area contributed by atoms with E-state index in [9.17, 15) is 0 Å². The molecule has 0 saturated carbocycles. The van der Waals surface area contributed by atoms with Gasteiger partial charge in [-0.3, -0.25) is 4.68 Å². The third-order valence-corrected chi connectivity index (χ3v) is 3.42. The molecule has 0 spiro atoms. The Balaban J connectivity index is 2.17. The Morgan fingerprint density at radius 1 is 1.25 bits per heavy atom. The van der Waals surface area contributed by atoms with Crippen LogP contribution in [-0.2, 0) is 23.3 Å². The molecule has 0 aromatic carbocycles. The van der Waals surface area contributed by atoms with Gasteiger partial charge in [0.1, 0.15) is 11.6 Å². The van der Waals surface area contributed by atoms with Crippen molar-refractivity contribution in [3.05, 3.63) is 30.0 Å². The maximum atomic E-state index is 5.22. The summed E-state index contributed by atoms with van der Waals surface area (Å²) >= 11 is 0. The second-order valence-corrected chi connectivity index (χ2v) is 7.17. The van der Waals surface area contributed by atoms with Gasteiger partial charge in [0.05, 0.1) is 30.7 Å². The van der Waals surface area contributed by atoms with Crippen molar-refractivity contribution in [2.45, 2.75) is 39.3 Å². The van der Waals surface area contributed by atoms with Gasteiger partial charge in [0.25, 0.3) is 0 Å². The minimum Gasteiger partial charge on any atom is -0.378 e. The Labute approximate surface area is 144 Å². The molecule has 24 heavy (non-hydrogen) atoms. The van der Waals surface area contributed by atoms with Crippen LogP contribution in [0, 0.1) is 0 Å². The lowest BCUT2D eigenvalue weighted by Gasteiger charge is -2.18. The first kappa shape index (κ1) is 18.4. The number of nitrogens with one attached hydrogen (secondary N) is 1. The highest BCUT2D eigenvalue weighted by Gasteiger charge is 2.19. The molecule has 2 rings (SSSR count). The lowest BCUT2D eigenvalue weighted by Crippen LogP contribution is -2.18. The zero-order chi connectivity index (χ0) is 17.7. The van der Waals surface area contributed by atoms with E-state index in [-0.39, 0.29) is 5.41 Å². The van der Waals surface area contributed by atoms with E-state index in [4.69, 9.17) is 4.74 Å². The van der Waals surface area contributed by atoms with Crippen molar-refractivity contribution < 1.29 is 4.74 Å². The van der Waals surface area contributed by atoms with Crippen molar-refractivity contribution in [1.29, 1.82) is 0 Å². The van der Waals surface area contributed by atoms with Gasteiger partial charge in [0, 0.05) is 31.3 Å². The summed E-state index contributed by atoms with van der Waals surface area (Å²) in [5, 5.41) is 7.69. The van der Waals surface area contributed by atoms with Gasteiger partial charge in [-0.2, -0.15) is 5.10 Å². The van der Waals surface area contributed by atoms with Crippen molar-refractivity contribution >= 4 is 11.5 Å². The second kappa shape index (κ2) is 7.72. The van der Waals surface area contributed by atoms with E-state index in [1.165, 1.54) is 0 Å². The predicted molar refractivity (Wildman–Crippen MR) is 95.5 cm³/mol. The quantitative estimate of drug-likeness (QED) is 0.840. The van der Waals surface area contributed by atoms with Crippen LogP contribution < -0.4 is 5.32 Å². The van der Waals surface area contributed by atoms with Crippen molar-refractivity contribution in [3.8, 4) is 0 Å². The molecule has 0 radical (unpaired) electrons. The number of hydrogen-bond acceptors (Lipinski definition) is 6. The Bertz CT molecular complexity index is 659. The number of anilines is 2. The molecular formula is C17H28N6O. The molecule has 7 nitrogen and oxygen atoms in total. The molecule has 2 heterocycles. The highest BCUT2D eigenvalue weighted by molar-refractivity contribution is 5.54. The Hall–Kier alpha value is -1.99. The first-order valence-corrected chi connectivity index (χ1v) is 8.09. The summed E-state index contributed by atoms with van der Waals surface area (Å²) in [7, 11) is 5.77. The Morgan fingerprint density at radius 2 is 2.00 bits per heavy atom. The van der Waals surface area contributed by atoms with Crippen LogP contribution in [0.5, 0.6) is 0 Å². The van der Waals surface area contributed by atoms with Crippen LogP contribution in [0.1, 0.15) is 32.3 Å². The fourth-order valence-corrected chi connectivity index (χ4v) is 2.12. The van der Waals surface area contributed by atoms with E-state index in [1.807, 2.05) is 23.1 Å². The highest BCUT2D eigenvalue weighted by atomic mass is 16.5. The van der Waals surface area contributed by atoms with Gasteiger partial charge in [-0.25, -0.2) is 9.97 Å². The van der Waals surface area contributed by atoms with Crippen molar-refractivity contribution in [3.63, 3.8) is 0 Å². The number of aromatic nitrogens is 4. The largest absolute Gasteiger partial charge is 0.378 e. The van der Waals surface area contributed by atoms with Crippen LogP contribution in [0.25, 0.3) is 0 Å². The summed E-state index contributed by atoms with van der Waals surface area (Å²) in [5.41, 5.74) is 1.64. The molecule has 7 heteroatoms. The molecule has 132 valence electrons. The van der Waals surface area contributed by atoms with E-state index >= 15 is 0 Å². The summed E-state index contributed by atoms with van der Waals surface area (Å²) < 4.78 is 7.14.